The predicted octanol–water partition coefficient (Wildman–Crippen LogP) is 3.12. The first-order valence-corrected chi connectivity index (χ1v) is 10.6. The van der Waals surface area contributed by atoms with Crippen molar-refractivity contribution in [2.75, 3.05) is 32.9 Å². The molecule has 1 saturated heterocycles. The van der Waals surface area contributed by atoms with E-state index in [1.54, 1.807) is 6.20 Å². The summed E-state index contributed by atoms with van der Waals surface area (Å²) in [5.74, 6) is 1.33. The summed E-state index contributed by atoms with van der Waals surface area (Å²) >= 11 is 0. The van der Waals surface area contributed by atoms with Crippen LogP contribution >= 0.6 is 24.0 Å². The normalized spacial score (nSPS) is 18.3. The Morgan fingerprint density at radius 3 is 2.77 bits per heavy atom. The van der Waals surface area contributed by atoms with Crippen LogP contribution in [0.3, 0.4) is 0 Å². The topological polar surface area (TPSA) is 88.0 Å². The summed E-state index contributed by atoms with van der Waals surface area (Å²) in [5, 5.41) is 16.1. The molecule has 1 unspecified atom stereocenters. The van der Waals surface area contributed by atoms with E-state index in [2.05, 4.69) is 15.6 Å². The van der Waals surface area contributed by atoms with Gasteiger partial charge >= 0.3 is 0 Å². The number of pyridine rings is 1. The largest absolute Gasteiger partial charge is 0.473 e. The highest BCUT2D eigenvalue weighted by Gasteiger charge is 2.34. The summed E-state index contributed by atoms with van der Waals surface area (Å²) in [6.07, 6.45) is 3.40. The zero-order valence-corrected chi connectivity index (χ0v) is 20.4. The minimum Gasteiger partial charge on any atom is -0.473 e. The number of hydrogen-bond acceptors (Lipinski definition) is 5. The quantitative estimate of drug-likeness (QED) is 0.244. The maximum Gasteiger partial charge on any atom is 0.218 e. The number of aliphatic hydroxyl groups is 1. The molecule has 0 aliphatic carbocycles. The van der Waals surface area contributed by atoms with E-state index < -0.39 is 0 Å². The van der Waals surface area contributed by atoms with Crippen molar-refractivity contribution in [3.05, 3.63) is 59.8 Å². The number of halogens is 1. The third-order valence-corrected chi connectivity index (χ3v) is 5.28. The molecule has 1 atom stereocenters. The Labute approximate surface area is 201 Å². The van der Waals surface area contributed by atoms with Gasteiger partial charge in [0.15, 0.2) is 5.96 Å². The molecule has 1 fully saturated rings. The molecule has 3 rings (SSSR count). The van der Waals surface area contributed by atoms with Crippen molar-refractivity contribution in [1.82, 2.24) is 15.6 Å². The zero-order valence-electron chi connectivity index (χ0n) is 18.0. The van der Waals surface area contributed by atoms with Crippen LogP contribution in [0.1, 0.15) is 30.9 Å². The lowest BCUT2D eigenvalue weighted by Gasteiger charge is -2.27. The maximum absolute atomic E-state index is 9.43. The predicted molar refractivity (Wildman–Crippen MR) is 133 cm³/mol. The SMILES string of the molecule is CCNC(=NCc1cccnc1OCc1ccccc1)NCC1(CCO)CCOC1.I. The molecule has 0 radical (unpaired) electrons. The van der Waals surface area contributed by atoms with Gasteiger partial charge in [-0.3, -0.25) is 0 Å². The van der Waals surface area contributed by atoms with Crippen LogP contribution in [0.5, 0.6) is 5.88 Å². The Hall–Kier alpha value is -1.91. The molecular weight excluding hydrogens is 507 g/mol. The van der Waals surface area contributed by atoms with Crippen molar-refractivity contribution in [2.45, 2.75) is 32.9 Å². The number of guanidine groups is 1. The van der Waals surface area contributed by atoms with Crippen molar-refractivity contribution in [3.8, 4) is 5.88 Å². The second-order valence-corrected chi connectivity index (χ2v) is 7.57. The average molecular weight is 540 g/mol. The monoisotopic (exact) mass is 540 g/mol. The van der Waals surface area contributed by atoms with Crippen LogP contribution in [-0.2, 0) is 17.9 Å². The van der Waals surface area contributed by atoms with E-state index in [-0.39, 0.29) is 36.0 Å². The minimum atomic E-state index is -0.0385. The van der Waals surface area contributed by atoms with Gasteiger partial charge in [0, 0.05) is 43.5 Å². The Bertz CT molecular complexity index is 798. The first-order chi connectivity index (χ1) is 14.7. The zero-order chi connectivity index (χ0) is 21.1. The minimum absolute atomic E-state index is 0. The molecule has 1 aromatic heterocycles. The van der Waals surface area contributed by atoms with Crippen LogP contribution in [0.2, 0.25) is 0 Å². The maximum atomic E-state index is 9.43. The van der Waals surface area contributed by atoms with Gasteiger partial charge in [-0.25, -0.2) is 9.98 Å². The number of nitrogens with zero attached hydrogens (tertiary/aromatic N) is 2. The van der Waals surface area contributed by atoms with Gasteiger partial charge < -0.3 is 25.2 Å². The highest BCUT2D eigenvalue weighted by molar-refractivity contribution is 14.0. The molecule has 1 aliphatic heterocycles. The summed E-state index contributed by atoms with van der Waals surface area (Å²) in [6.45, 7) is 6.01. The summed E-state index contributed by atoms with van der Waals surface area (Å²) in [5.41, 5.74) is 1.99. The fraction of sp³-hybridized carbons (Fsp3) is 0.478. The van der Waals surface area contributed by atoms with Gasteiger partial charge in [0.1, 0.15) is 6.61 Å². The van der Waals surface area contributed by atoms with Crippen LogP contribution in [0.15, 0.2) is 53.7 Å². The van der Waals surface area contributed by atoms with Gasteiger partial charge in [-0.05, 0) is 31.4 Å². The number of aliphatic imine (C=N–C) groups is 1. The lowest BCUT2D eigenvalue weighted by atomic mass is 9.84. The van der Waals surface area contributed by atoms with Crippen LogP contribution in [0.25, 0.3) is 0 Å². The second kappa shape index (κ2) is 13.5. The van der Waals surface area contributed by atoms with E-state index in [9.17, 15) is 5.11 Å². The van der Waals surface area contributed by atoms with Crippen LogP contribution in [-0.4, -0.2) is 49.0 Å². The van der Waals surface area contributed by atoms with Crippen molar-refractivity contribution < 1.29 is 14.6 Å². The third kappa shape index (κ3) is 7.93. The molecule has 0 spiro atoms. The number of nitrogens with one attached hydrogen (secondary N) is 2. The molecular formula is C23H33IN4O3. The first kappa shape index (κ1) is 25.4. The lowest BCUT2D eigenvalue weighted by molar-refractivity contribution is 0.127. The second-order valence-electron chi connectivity index (χ2n) is 7.57. The Kier molecular flexibility index (Phi) is 11.0. The molecule has 1 aliphatic rings. The summed E-state index contributed by atoms with van der Waals surface area (Å²) in [4.78, 5) is 9.11. The fourth-order valence-electron chi connectivity index (χ4n) is 3.49. The van der Waals surface area contributed by atoms with Crippen molar-refractivity contribution >= 4 is 29.9 Å². The number of aromatic nitrogens is 1. The summed E-state index contributed by atoms with van der Waals surface area (Å²) in [7, 11) is 0. The van der Waals surface area contributed by atoms with Crippen molar-refractivity contribution in [1.29, 1.82) is 0 Å². The molecule has 170 valence electrons. The Morgan fingerprint density at radius 1 is 1.23 bits per heavy atom. The molecule has 1 aromatic carbocycles. The smallest absolute Gasteiger partial charge is 0.218 e. The first-order valence-electron chi connectivity index (χ1n) is 10.6. The highest BCUT2D eigenvalue weighted by atomic mass is 127. The molecule has 7 nitrogen and oxygen atoms in total. The van der Waals surface area contributed by atoms with Crippen LogP contribution in [0, 0.1) is 5.41 Å². The van der Waals surface area contributed by atoms with Crippen LogP contribution in [0.4, 0.5) is 0 Å². The van der Waals surface area contributed by atoms with Crippen molar-refractivity contribution in [2.24, 2.45) is 10.4 Å². The number of hydrogen-bond donors (Lipinski definition) is 3. The fourth-order valence-corrected chi connectivity index (χ4v) is 3.49. The number of aliphatic hydroxyl groups excluding tert-OH is 1. The molecule has 0 amide bonds. The van der Waals surface area contributed by atoms with E-state index in [4.69, 9.17) is 14.5 Å². The van der Waals surface area contributed by atoms with Crippen LogP contribution < -0.4 is 15.4 Å². The van der Waals surface area contributed by atoms with Gasteiger partial charge in [-0.15, -0.1) is 24.0 Å². The van der Waals surface area contributed by atoms with E-state index in [1.807, 2.05) is 49.4 Å². The van der Waals surface area contributed by atoms with E-state index in [0.717, 1.165) is 43.1 Å². The lowest BCUT2D eigenvalue weighted by Crippen LogP contribution is -2.44. The average Bonchev–Trinajstić information content (AvgIpc) is 3.24. The Balaban J connectivity index is 0.00000341. The Morgan fingerprint density at radius 2 is 2.06 bits per heavy atom. The van der Waals surface area contributed by atoms with E-state index in [0.29, 0.717) is 32.2 Å². The van der Waals surface area contributed by atoms with Gasteiger partial charge in [0.05, 0.1) is 13.2 Å². The van der Waals surface area contributed by atoms with Gasteiger partial charge in [0.2, 0.25) is 5.88 Å². The molecule has 8 heteroatoms. The van der Waals surface area contributed by atoms with Gasteiger partial charge in [-0.2, -0.15) is 0 Å². The molecule has 3 N–H and O–H groups in total. The molecule has 2 heterocycles. The molecule has 0 bridgehead atoms. The van der Waals surface area contributed by atoms with Crippen molar-refractivity contribution in [3.63, 3.8) is 0 Å². The third-order valence-electron chi connectivity index (χ3n) is 5.28. The number of rotatable bonds is 10. The van der Waals surface area contributed by atoms with E-state index in [1.165, 1.54) is 0 Å². The highest BCUT2D eigenvalue weighted by Crippen LogP contribution is 2.31. The molecule has 0 saturated carbocycles. The molecule has 2 aromatic rings. The standard InChI is InChI=1S/C23H32N4O3.HI/c1-2-24-22(27-17-23(10-13-28)11-14-29-18-23)26-15-20-9-6-12-25-21(20)30-16-19-7-4-3-5-8-19;/h3-9,12,28H,2,10-11,13-18H2,1H3,(H2,24,26,27);1H. The summed E-state index contributed by atoms with van der Waals surface area (Å²) < 4.78 is 11.5. The summed E-state index contributed by atoms with van der Waals surface area (Å²) in [6, 6.07) is 13.9. The van der Waals surface area contributed by atoms with E-state index >= 15 is 0 Å². The van der Waals surface area contributed by atoms with Gasteiger partial charge in [-0.1, -0.05) is 36.4 Å². The number of benzene rings is 1. The molecule has 31 heavy (non-hydrogen) atoms. The number of ether oxygens (including phenoxy) is 2. The van der Waals surface area contributed by atoms with Gasteiger partial charge in [0.25, 0.3) is 0 Å².